The lowest BCUT2D eigenvalue weighted by Crippen LogP contribution is -2.49. The first-order valence-electron chi connectivity index (χ1n) is 15.0. The van der Waals surface area contributed by atoms with Gasteiger partial charge in [-0.15, -0.1) is 0 Å². The van der Waals surface area contributed by atoms with Crippen molar-refractivity contribution in [2.75, 3.05) is 39.1 Å². The SMILES string of the molecule is CC(C)(C)OC(=O)N(Cc1ccc2c(c1)OCCO2)C1CCN(CCn2c(=O)cc(C(=O)NS(C)(=O)=O)c3ccccc32)CC1. The molecule has 2 amide bonds. The number of hydrogen-bond donors (Lipinski definition) is 1. The number of para-hydroxylation sites is 1. The highest BCUT2D eigenvalue weighted by Gasteiger charge is 2.32. The van der Waals surface area contributed by atoms with Crippen LogP contribution in [0, 0.1) is 0 Å². The number of fused-ring (bicyclic) bond motifs is 2. The zero-order valence-electron chi connectivity index (χ0n) is 26.1. The van der Waals surface area contributed by atoms with Crippen molar-refractivity contribution in [1.29, 1.82) is 0 Å². The van der Waals surface area contributed by atoms with Crippen LogP contribution in [0.5, 0.6) is 11.5 Å². The first-order valence-corrected chi connectivity index (χ1v) is 16.9. The van der Waals surface area contributed by atoms with E-state index in [2.05, 4.69) is 4.90 Å². The van der Waals surface area contributed by atoms with E-state index < -0.39 is 27.1 Å². The standard InChI is InChI=1S/C32H40N4O8S/c1-32(2,3)44-31(39)36(21-22-9-10-27-28(19-22)43-18-17-42-27)23-11-13-34(14-12-23)15-16-35-26-8-6-5-7-24(26)25(20-29(35)37)30(38)33-45(4,40)41/h5-10,19-20,23H,11-18,21H2,1-4H3,(H,33,38). The second-order valence-corrected chi connectivity index (χ2v) is 14.2. The van der Waals surface area contributed by atoms with Gasteiger partial charge in [0.1, 0.15) is 18.8 Å². The number of piperidine rings is 1. The highest BCUT2D eigenvalue weighted by molar-refractivity contribution is 7.89. The molecule has 242 valence electrons. The van der Waals surface area contributed by atoms with Crippen molar-refractivity contribution in [2.45, 2.75) is 58.3 Å². The van der Waals surface area contributed by atoms with Crippen molar-refractivity contribution in [3.63, 3.8) is 0 Å². The highest BCUT2D eigenvalue weighted by Crippen LogP contribution is 2.32. The second kappa shape index (κ2) is 13.1. The average molecular weight is 641 g/mol. The van der Waals surface area contributed by atoms with Crippen molar-refractivity contribution < 1.29 is 32.2 Å². The molecule has 0 spiro atoms. The Morgan fingerprint density at radius 3 is 2.38 bits per heavy atom. The number of amides is 2. The summed E-state index contributed by atoms with van der Waals surface area (Å²) < 4.78 is 44.0. The summed E-state index contributed by atoms with van der Waals surface area (Å²) >= 11 is 0. The molecular formula is C32H40N4O8S. The van der Waals surface area contributed by atoms with E-state index in [1.807, 2.05) is 43.7 Å². The molecule has 45 heavy (non-hydrogen) atoms. The van der Waals surface area contributed by atoms with Gasteiger partial charge in [-0.2, -0.15) is 0 Å². The predicted molar refractivity (Wildman–Crippen MR) is 169 cm³/mol. The van der Waals surface area contributed by atoms with Gasteiger partial charge in [0.2, 0.25) is 10.0 Å². The van der Waals surface area contributed by atoms with Crippen LogP contribution in [0.1, 0.15) is 49.5 Å². The molecule has 5 rings (SSSR count). The van der Waals surface area contributed by atoms with Crippen molar-refractivity contribution >= 4 is 32.9 Å². The fourth-order valence-electron chi connectivity index (χ4n) is 5.72. The summed E-state index contributed by atoms with van der Waals surface area (Å²) in [6.45, 7) is 9.31. The maximum absolute atomic E-state index is 13.4. The fraction of sp³-hybridized carbons (Fsp3) is 0.469. The number of ether oxygens (including phenoxy) is 3. The number of sulfonamides is 1. The van der Waals surface area contributed by atoms with E-state index in [1.165, 1.54) is 6.07 Å². The summed E-state index contributed by atoms with van der Waals surface area (Å²) in [5, 5.41) is 0.490. The molecule has 3 aromatic rings. The third-order valence-corrected chi connectivity index (χ3v) is 8.32. The minimum Gasteiger partial charge on any atom is -0.486 e. The van der Waals surface area contributed by atoms with Crippen LogP contribution in [0.15, 0.2) is 53.3 Å². The number of likely N-dealkylation sites (tertiary alicyclic amines) is 1. The van der Waals surface area contributed by atoms with Gasteiger partial charge in [-0.3, -0.25) is 9.59 Å². The van der Waals surface area contributed by atoms with Gasteiger partial charge in [-0.1, -0.05) is 24.3 Å². The van der Waals surface area contributed by atoms with Crippen molar-refractivity contribution in [3.05, 3.63) is 70.0 Å². The van der Waals surface area contributed by atoms with Crippen LogP contribution < -0.4 is 19.8 Å². The van der Waals surface area contributed by atoms with Gasteiger partial charge in [0.15, 0.2) is 11.5 Å². The van der Waals surface area contributed by atoms with E-state index >= 15 is 0 Å². The number of pyridine rings is 1. The Morgan fingerprint density at radius 1 is 1.00 bits per heavy atom. The summed E-state index contributed by atoms with van der Waals surface area (Å²) in [5.41, 5.74) is 0.456. The first-order chi connectivity index (χ1) is 21.3. The van der Waals surface area contributed by atoms with Crippen LogP contribution in [-0.2, 0) is 27.8 Å². The van der Waals surface area contributed by atoms with Crippen LogP contribution in [0.4, 0.5) is 4.79 Å². The zero-order valence-corrected chi connectivity index (χ0v) is 26.9. The molecule has 0 unspecified atom stereocenters. The molecule has 13 heteroatoms. The number of aromatic nitrogens is 1. The van der Waals surface area contributed by atoms with Crippen molar-refractivity contribution in [1.82, 2.24) is 19.1 Å². The minimum absolute atomic E-state index is 0.0124. The van der Waals surface area contributed by atoms with Gasteiger partial charge in [0.25, 0.3) is 11.5 Å². The van der Waals surface area contributed by atoms with Crippen molar-refractivity contribution in [3.8, 4) is 11.5 Å². The largest absolute Gasteiger partial charge is 0.486 e. The van der Waals surface area contributed by atoms with Crippen LogP contribution in [0.25, 0.3) is 10.9 Å². The van der Waals surface area contributed by atoms with Crippen LogP contribution in [0.2, 0.25) is 0 Å². The molecule has 2 aliphatic rings. The minimum atomic E-state index is -3.79. The van der Waals surface area contributed by atoms with Gasteiger partial charge in [-0.05, 0) is 57.4 Å². The quantitative estimate of drug-likeness (QED) is 0.393. The summed E-state index contributed by atoms with van der Waals surface area (Å²) in [6.07, 6.45) is 1.98. The van der Waals surface area contributed by atoms with Crippen LogP contribution in [-0.4, -0.2) is 85.5 Å². The Labute approximate surface area is 262 Å². The Hall–Kier alpha value is -4.10. The molecule has 1 saturated heterocycles. The number of rotatable bonds is 8. The third-order valence-electron chi connectivity index (χ3n) is 7.77. The molecule has 0 atom stereocenters. The number of benzene rings is 2. The molecule has 12 nitrogen and oxygen atoms in total. The average Bonchev–Trinajstić information content (AvgIpc) is 2.97. The molecule has 3 heterocycles. The number of nitrogens with zero attached hydrogens (tertiary/aromatic N) is 3. The van der Waals surface area contributed by atoms with E-state index in [0.29, 0.717) is 68.3 Å². The number of nitrogens with one attached hydrogen (secondary N) is 1. The summed E-state index contributed by atoms with van der Waals surface area (Å²) in [4.78, 5) is 43.2. The summed E-state index contributed by atoms with van der Waals surface area (Å²) in [5.74, 6) is 0.524. The molecule has 2 aromatic carbocycles. The van der Waals surface area contributed by atoms with E-state index in [4.69, 9.17) is 14.2 Å². The first kappa shape index (κ1) is 32.3. The molecule has 1 aromatic heterocycles. The molecule has 0 bridgehead atoms. The van der Waals surface area contributed by atoms with Gasteiger partial charge in [-0.25, -0.2) is 17.9 Å². The monoisotopic (exact) mass is 640 g/mol. The lowest BCUT2D eigenvalue weighted by atomic mass is 10.0. The van der Waals surface area contributed by atoms with E-state index in [9.17, 15) is 22.8 Å². The molecule has 1 fully saturated rings. The van der Waals surface area contributed by atoms with Gasteiger partial charge in [0, 0.05) is 50.2 Å². The lowest BCUT2D eigenvalue weighted by Gasteiger charge is -2.39. The van der Waals surface area contributed by atoms with E-state index in [0.717, 1.165) is 24.7 Å². The predicted octanol–water partition coefficient (Wildman–Crippen LogP) is 3.36. The molecular weight excluding hydrogens is 600 g/mol. The summed E-state index contributed by atoms with van der Waals surface area (Å²) in [6, 6.07) is 13.8. The van der Waals surface area contributed by atoms with Crippen LogP contribution >= 0.6 is 0 Å². The number of carbonyl (C=O) groups excluding carboxylic acids is 2. The maximum Gasteiger partial charge on any atom is 0.410 e. The van der Waals surface area contributed by atoms with E-state index in [-0.39, 0.29) is 17.7 Å². The molecule has 0 radical (unpaired) electrons. The fourth-order valence-corrected chi connectivity index (χ4v) is 6.17. The Bertz CT molecular complexity index is 1740. The lowest BCUT2D eigenvalue weighted by molar-refractivity contribution is 0.00561. The molecule has 0 aliphatic carbocycles. The van der Waals surface area contributed by atoms with Gasteiger partial charge >= 0.3 is 6.09 Å². The zero-order chi connectivity index (χ0) is 32.4. The van der Waals surface area contributed by atoms with Gasteiger partial charge in [0.05, 0.1) is 17.3 Å². The molecule has 2 aliphatic heterocycles. The highest BCUT2D eigenvalue weighted by atomic mass is 32.2. The third kappa shape index (κ3) is 8.14. The Balaban J connectivity index is 1.27. The Morgan fingerprint density at radius 2 is 1.69 bits per heavy atom. The molecule has 1 N–H and O–H groups in total. The Kier molecular flexibility index (Phi) is 9.40. The molecule has 0 saturated carbocycles. The second-order valence-electron chi connectivity index (χ2n) is 12.4. The van der Waals surface area contributed by atoms with Gasteiger partial charge < -0.3 is 28.6 Å². The van der Waals surface area contributed by atoms with Crippen LogP contribution in [0.3, 0.4) is 0 Å². The maximum atomic E-state index is 13.4. The van der Waals surface area contributed by atoms with E-state index in [1.54, 1.807) is 33.7 Å². The normalized spacial score (nSPS) is 15.9. The van der Waals surface area contributed by atoms with Crippen molar-refractivity contribution in [2.24, 2.45) is 0 Å². The topological polar surface area (TPSA) is 136 Å². The summed E-state index contributed by atoms with van der Waals surface area (Å²) in [7, 11) is -3.79. The number of hydrogen-bond acceptors (Lipinski definition) is 9. The smallest absolute Gasteiger partial charge is 0.410 e. The number of carbonyl (C=O) groups is 2.